The van der Waals surface area contributed by atoms with Crippen molar-refractivity contribution < 1.29 is 33.8 Å². The minimum Gasteiger partial charge on any atom is -0.493 e. The molecule has 33 heavy (non-hydrogen) atoms. The standard InChI is InChI=1S/C23H22N2O7S/c1-13-5-4-6-16(9-13)24-20(26)12-25-21(27)19(33-23(25)30)11-15-7-8-17(18(10-15)31-3)32-14(2)22(28)29/h4-11,14H,12H2,1-3H3,(H,24,26)(H,28,29)/b19-11+/t14-/m1/s1. The van der Waals surface area contributed by atoms with E-state index in [9.17, 15) is 19.2 Å². The Labute approximate surface area is 194 Å². The zero-order chi connectivity index (χ0) is 24.1. The molecule has 1 aliphatic rings. The number of nitrogens with one attached hydrogen (secondary N) is 1. The van der Waals surface area contributed by atoms with Gasteiger partial charge in [0.25, 0.3) is 11.1 Å². The van der Waals surface area contributed by atoms with Gasteiger partial charge in [-0.2, -0.15) is 0 Å². The molecule has 0 unspecified atom stereocenters. The molecule has 2 N–H and O–H groups in total. The maximum Gasteiger partial charge on any atom is 0.344 e. The number of carbonyl (C=O) groups excluding carboxylic acids is 3. The van der Waals surface area contributed by atoms with Crippen molar-refractivity contribution in [1.82, 2.24) is 4.90 Å². The smallest absolute Gasteiger partial charge is 0.344 e. The maximum atomic E-state index is 12.7. The predicted molar refractivity (Wildman–Crippen MR) is 123 cm³/mol. The van der Waals surface area contributed by atoms with Gasteiger partial charge in [0.05, 0.1) is 12.0 Å². The first kappa shape index (κ1) is 23.9. The Hall–Kier alpha value is -3.79. The van der Waals surface area contributed by atoms with E-state index >= 15 is 0 Å². The highest BCUT2D eigenvalue weighted by Gasteiger charge is 2.36. The van der Waals surface area contributed by atoms with Crippen LogP contribution in [-0.2, 0) is 14.4 Å². The van der Waals surface area contributed by atoms with E-state index in [1.54, 1.807) is 30.3 Å². The molecule has 0 bridgehead atoms. The fourth-order valence-electron chi connectivity index (χ4n) is 2.97. The number of rotatable bonds is 8. The topological polar surface area (TPSA) is 122 Å². The third-order valence-electron chi connectivity index (χ3n) is 4.61. The molecule has 9 nitrogen and oxygen atoms in total. The fraction of sp³-hybridized carbons (Fsp3) is 0.217. The number of aliphatic carboxylic acids is 1. The monoisotopic (exact) mass is 470 g/mol. The molecule has 0 saturated carbocycles. The number of anilines is 1. The molecule has 0 spiro atoms. The van der Waals surface area contributed by atoms with Crippen molar-refractivity contribution in [1.29, 1.82) is 0 Å². The first-order valence-electron chi connectivity index (χ1n) is 9.87. The van der Waals surface area contributed by atoms with Crippen LogP contribution in [-0.4, -0.2) is 52.8 Å². The third-order valence-corrected chi connectivity index (χ3v) is 5.52. The third kappa shape index (κ3) is 5.92. The summed E-state index contributed by atoms with van der Waals surface area (Å²) in [6, 6.07) is 11.9. The number of ether oxygens (including phenoxy) is 2. The van der Waals surface area contributed by atoms with Gasteiger partial charge in [0.2, 0.25) is 5.91 Å². The number of imide groups is 1. The minimum atomic E-state index is -1.12. The fourth-order valence-corrected chi connectivity index (χ4v) is 3.81. The Kier molecular flexibility index (Phi) is 7.39. The van der Waals surface area contributed by atoms with Crippen LogP contribution in [0.3, 0.4) is 0 Å². The van der Waals surface area contributed by atoms with E-state index in [0.29, 0.717) is 11.3 Å². The number of aryl methyl sites for hydroxylation is 1. The molecule has 10 heteroatoms. The van der Waals surface area contributed by atoms with Crippen LogP contribution in [0.4, 0.5) is 10.5 Å². The first-order valence-corrected chi connectivity index (χ1v) is 10.7. The summed E-state index contributed by atoms with van der Waals surface area (Å²) in [6.07, 6.45) is 0.420. The van der Waals surface area contributed by atoms with Gasteiger partial charge in [-0.15, -0.1) is 0 Å². The molecule has 172 valence electrons. The SMILES string of the molecule is COc1cc(/C=C2/SC(=O)N(CC(=O)Nc3cccc(C)c3)C2=O)ccc1O[C@H](C)C(=O)O. The van der Waals surface area contributed by atoms with Gasteiger partial charge >= 0.3 is 5.97 Å². The number of benzene rings is 2. The van der Waals surface area contributed by atoms with Crippen LogP contribution in [0, 0.1) is 6.92 Å². The van der Waals surface area contributed by atoms with Gasteiger partial charge in [0.1, 0.15) is 6.54 Å². The highest BCUT2D eigenvalue weighted by Crippen LogP contribution is 2.34. The lowest BCUT2D eigenvalue weighted by molar-refractivity contribution is -0.144. The highest BCUT2D eigenvalue weighted by molar-refractivity contribution is 8.18. The molecule has 1 atom stereocenters. The summed E-state index contributed by atoms with van der Waals surface area (Å²) in [5, 5.41) is 11.1. The zero-order valence-corrected chi connectivity index (χ0v) is 19.0. The van der Waals surface area contributed by atoms with Crippen molar-refractivity contribution in [2.24, 2.45) is 0 Å². The lowest BCUT2D eigenvalue weighted by Crippen LogP contribution is -2.36. The summed E-state index contributed by atoms with van der Waals surface area (Å²) in [7, 11) is 1.40. The number of carboxylic acid groups (broad SMARTS) is 1. The van der Waals surface area contributed by atoms with Crippen molar-refractivity contribution in [3.63, 3.8) is 0 Å². The van der Waals surface area contributed by atoms with Gasteiger partial charge in [-0.25, -0.2) is 4.79 Å². The second-order valence-corrected chi connectivity index (χ2v) is 8.19. The number of methoxy groups -OCH3 is 1. The van der Waals surface area contributed by atoms with Crippen LogP contribution in [0.5, 0.6) is 11.5 Å². The highest BCUT2D eigenvalue weighted by atomic mass is 32.2. The van der Waals surface area contributed by atoms with E-state index in [2.05, 4.69) is 5.32 Å². The number of carbonyl (C=O) groups is 4. The van der Waals surface area contributed by atoms with E-state index in [1.165, 1.54) is 26.2 Å². The summed E-state index contributed by atoms with van der Waals surface area (Å²) in [5.74, 6) is -1.69. The number of nitrogens with zero attached hydrogens (tertiary/aromatic N) is 1. The number of hydrogen-bond donors (Lipinski definition) is 2. The molecular formula is C23H22N2O7S. The van der Waals surface area contributed by atoms with Gasteiger partial charge in [-0.05, 0) is 67.1 Å². The van der Waals surface area contributed by atoms with Gasteiger partial charge < -0.3 is 19.9 Å². The lowest BCUT2D eigenvalue weighted by Gasteiger charge is -2.14. The Morgan fingerprint density at radius 3 is 2.61 bits per heavy atom. The van der Waals surface area contributed by atoms with Crippen LogP contribution in [0.25, 0.3) is 6.08 Å². The molecular weight excluding hydrogens is 448 g/mol. The average molecular weight is 471 g/mol. The van der Waals surface area contributed by atoms with Crippen LogP contribution < -0.4 is 14.8 Å². The Morgan fingerprint density at radius 1 is 1.18 bits per heavy atom. The molecule has 1 fully saturated rings. The molecule has 0 aliphatic carbocycles. The van der Waals surface area contributed by atoms with Gasteiger partial charge in [0.15, 0.2) is 17.6 Å². The number of carboxylic acids is 1. The van der Waals surface area contributed by atoms with Crippen LogP contribution in [0.15, 0.2) is 47.4 Å². The second-order valence-electron chi connectivity index (χ2n) is 7.19. The molecule has 1 heterocycles. The second kappa shape index (κ2) is 10.2. The molecule has 1 saturated heterocycles. The van der Waals surface area contributed by atoms with Gasteiger partial charge in [-0.1, -0.05) is 18.2 Å². The first-order chi connectivity index (χ1) is 15.7. The molecule has 0 radical (unpaired) electrons. The molecule has 2 aromatic rings. The molecule has 3 amide bonds. The molecule has 3 rings (SSSR count). The average Bonchev–Trinajstić information content (AvgIpc) is 3.01. The van der Waals surface area contributed by atoms with E-state index in [-0.39, 0.29) is 16.4 Å². The van der Waals surface area contributed by atoms with Crippen molar-refractivity contribution in [2.45, 2.75) is 20.0 Å². The van der Waals surface area contributed by atoms with Crippen LogP contribution >= 0.6 is 11.8 Å². The largest absolute Gasteiger partial charge is 0.493 e. The predicted octanol–water partition coefficient (Wildman–Crippen LogP) is 3.53. The maximum absolute atomic E-state index is 12.7. The quantitative estimate of drug-likeness (QED) is 0.562. The van der Waals surface area contributed by atoms with E-state index in [0.717, 1.165) is 22.2 Å². The van der Waals surface area contributed by atoms with E-state index in [4.69, 9.17) is 14.6 Å². The van der Waals surface area contributed by atoms with Crippen LogP contribution in [0.2, 0.25) is 0 Å². The van der Waals surface area contributed by atoms with Crippen LogP contribution in [0.1, 0.15) is 18.1 Å². The summed E-state index contributed by atoms with van der Waals surface area (Å²) in [6.45, 7) is 2.87. The number of hydrogen-bond acceptors (Lipinski definition) is 7. The minimum absolute atomic E-state index is 0.151. The summed E-state index contributed by atoms with van der Waals surface area (Å²) in [5.41, 5.74) is 2.08. The Bertz CT molecular complexity index is 1150. The summed E-state index contributed by atoms with van der Waals surface area (Å²) in [4.78, 5) is 49.4. The number of thioether (sulfide) groups is 1. The van der Waals surface area contributed by atoms with Crippen molar-refractivity contribution in [2.75, 3.05) is 19.0 Å². The Morgan fingerprint density at radius 2 is 1.94 bits per heavy atom. The summed E-state index contributed by atoms with van der Waals surface area (Å²) >= 11 is 0.728. The van der Waals surface area contributed by atoms with Crippen molar-refractivity contribution in [3.05, 3.63) is 58.5 Å². The van der Waals surface area contributed by atoms with Crippen molar-refractivity contribution in [3.8, 4) is 11.5 Å². The van der Waals surface area contributed by atoms with Crippen molar-refractivity contribution >= 4 is 46.5 Å². The van der Waals surface area contributed by atoms with E-state index in [1.807, 2.05) is 13.0 Å². The lowest BCUT2D eigenvalue weighted by atomic mass is 10.1. The molecule has 0 aromatic heterocycles. The molecule has 2 aromatic carbocycles. The van der Waals surface area contributed by atoms with Gasteiger partial charge in [-0.3, -0.25) is 19.3 Å². The van der Waals surface area contributed by atoms with E-state index < -0.39 is 35.7 Å². The normalized spacial score (nSPS) is 15.5. The van der Waals surface area contributed by atoms with Gasteiger partial charge in [0, 0.05) is 5.69 Å². The zero-order valence-electron chi connectivity index (χ0n) is 18.2. The molecule has 1 aliphatic heterocycles. The summed E-state index contributed by atoms with van der Waals surface area (Å²) < 4.78 is 10.6. The Balaban J connectivity index is 1.72. The number of amides is 3.